The predicted octanol–water partition coefficient (Wildman–Crippen LogP) is 2.17. The minimum Gasteiger partial charge on any atom is -0.472 e. The van der Waals surface area contributed by atoms with Crippen molar-refractivity contribution in [2.75, 3.05) is 13.1 Å². The van der Waals surface area contributed by atoms with E-state index in [1.54, 1.807) is 24.5 Å². The highest BCUT2D eigenvalue weighted by atomic mass is 16.5. The number of aromatic nitrogens is 3. The molecule has 1 saturated heterocycles. The number of likely N-dealkylation sites (tertiary alicyclic amines) is 1. The second kappa shape index (κ2) is 6.73. The summed E-state index contributed by atoms with van der Waals surface area (Å²) in [7, 11) is 0. The van der Waals surface area contributed by atoms with Gasteiger partial charge in [0.2, 0.25) is 5.88 Å². The molecule has 0 N–H and O–H groups in total. The second-order valence-corrected chi connectivity index (χ2v) is 5.77. The van der Waals surface area contributed by atoms with Gasteiger partial charge in [-0.2, -0.15) is 4.98 Å². The largest absolute Gasteiger partial charge is 0.472 e. The standard InChI is InChI=1S/C17H20N4O2/c1-12-9-16(20-13(2)19-12)23-15-6-4-8-21(11-15)17(22)14-5-3-7-18-10-14/h3,5,7,9-10,15H,4,6,8,11H2,1-2H3. The van der Waals surface area contributed by atoms with Crippen LogP contribution >= 0.6 is 0 Å². The van der Waals surface area contributed by atoms with Crippen LogP contribution in [0.15, 0.2) is 30.6 Å². The molecule has 1 unspecified atom stereocenters. The first kappa shape index (κ1) is 15.4. The van der Waals surface area contributed by atoms with Crippen LogP contribution in [0.1, 0.15) is 34.7 Å². The van der Waals surface area contributed by atoms with E-state index in [2.05, 4.69) is 15.0 Å². The van der Waals surface area contributed by atoms with Crippen molar-refractivity contribution >= 4 is 5.91 Å². The molecule has 120 valence electrons. The van der Waals surface area contributed by atoms with Gasteiger partial charge in [0.1, 0.15) is 11.9 Å². The number of amides is 1. The van der Waals surface area contributed by atoms with Crippen molar-refractivity contribution in [1.29, 1.82) is 0 Å². The minimum absolute atomic E-state index is 0.00134. The molecule has 0 bridgehead atoms. The molecule has 0 aliphatic carbocycles. The number of pyridine rings is 1. The Kier molecular flexibility index (Phi) is 4.50. The van der Waals surface area contributed by atoms with Gasteiger partial charge in [-0.15, -0.1) is 0 Å². The van der Waals surface area contributed by atoms with E-state index in [1.807, 2.05) is 24.8 Å². The van der Waals surface area contributed by atoms with Crippen molar-refractivity contribution in [1.82, 2.24) is 19.9 Å². The highest BCUT2D eigenvalue weighted by Gasteiger charge is 2.26. The first-order valence-corrected chi connectivity index (χ1v) is 7.80. The SMILES string of the molecule is Cc1cc(OC2CCCN(C(=O)c3cccnc3)C2)nc(C)n1. The van der Waals surface area contributed by atoms with Crippen molar-refractivity contribution in [3.05, 3.63) is 47.7 Å². The summed E-state index contributed by atoms with van der Waals surface area (Å²) in [6.07, 6.45) is 5.06. The Bertz CT molecular complexity index is 670. The van der Waals surface area contributed by atoms with Gasteiger partial charge < -0.3 is 9.64 Å². The van der Waals surface area contributed by atoms with Crippen LogP contribution in [-0.4, -0.2) is 45.0 Å². The molecule has 2 aromatic rings. The molecule has 0 spiro atoms. The zero-order valence-electron chi connectivity index (χ0n) is 13.4. The molecule has 0 radical (unpaired) electrons. The van der Waals surface area contributed by atoms with Gasteiger partial charge in [0.25, 0.3) is 5.91 Å². The zero-order chi connectivity index (χ0) is 16.2. The molecule has 23 heavy (non-hydrogen) atoms. The van der Waals surface area contributed by atoms with E-state index in [0.717, 1.165) is 25.1 Å². The third-order valence-corrected chi connectivity index (χ3v) is 3.80. The fraction of sp³-hybridized carbons (Fsp3) is 0.412. The fourth-order valence-electron chi connectivity index (χ4n) is 2.80. The van der Waals surface area contributed by atoms with E-state index in [0.29, 0.717) is 23.8 Å². The number of carbonyl (C=O) groups is 1. The lowest BCUT2D eigenvalue weighted by atomic mass is 10.1. The first-order chi connectivity index (χ1) is 11.1. The monoisotopic (exact) mass is 312 g/mol. The number of carbonyl (C=O) groups excluding carboxylic acids is 1. The minimum atomic E-state index is -0.0435. The van der Waals surface area contributed by atoms with Crippen LogP contribution in [0, 0.1) is 13.8 Å². The normalized spacial score (nSPS) is 17.8. The fourth-order valence-corrected chi connectivity index (χ4v) is 2.80. The van der Waals surface area contributed by atoms with Crippen LogP contribution in [0.2, 0.25) is 0 Å². The third-order valence-electron chi connectivity index (χ3n) is 3.80. The summed E-state index contributed by atoms with van der Waals surface area (Å²) in [4.78, 5) is 26.9. The maximum atomic E-state index is 12.5. The van der Waals surface area contributed by atoms with Gasteiger partial charge in [-0.1, -0.05) is 0 Å². The molecule has 0 aromatic carbocycles. The summed E-state index contributed by atoms with van der Waals surface area (Å²) in [5.74, 6) is 1.27. The van der Waals surface area contributed by atoms with Gasteiger partial charge in [0.05, 0.1) is 12.1 Å². The predicted molar refractivity (Wildman–Crippen MR) is 85.3 cm³/mol. The van der Waals surface area contributed by atoms with Gasteiger partial charge in [-0.3, -0.25) is 9.78 Å². The topological polar surface area (TPSA) is 68.2 Å². The summed E-state index contributed by atoms with van der Waals surface area (Å²) in [5, 5.41) is 0. The molecular formula is C17H20N4O2. The molecule has 1 fully saturated rings. The second-order valence-electron chi connectivity index (χ2n) is 5.77. The molecule has 6 nitrogen and oxygen atoms in total. The van der Waals surface area contributed by atoms with E-state index < -0.39 is 0 Å². The summed E-state index contributed by atoms with van der Waals surface area (Å²) < 4.78 is 5.97. The van der Waals surface area contributed by atoms with Gasteiger partial charge in [0, 0.05) is 30.7 Å². The molecule has 1 aliphatic rings. The molecule has 1 atom stereocenters. The van der Waals surface area contributed by atoms with E-state index in [9.17, 15) is 4.79 Å². The number of hydrogen-bond donors (Lipinski definition) is 0. The highest BCUT2D eigenvalue weighted by molar-refractivity contribution is 5.93. The number of nitrogens with zero attached hydrogens (tertiary/aromatic N) is 4. The number of aryl methyl sites for hydroxylation is 2. The van der Waals surface area contributed by atoms with Crippen LogP contribution in [0.4, 0.5) is 0 Å². The Hall–Kier alpha value is -2.50. The average Bonchev–Trinajstić information content (AvgIpc) is 2.54. The van der Waals surface area contributed by atoms with Crippen molar-refractivity contribution < 1.29 is 9.53 Å². The van der Waals surface area contributed by atoms with Gasteiger partial charge in [0.15, 0.2) is 0 Å². The lowest BCUT2D eigenvalue weighted by Gasteiger charge is -2.32. The zero-order valence-corrected chi connectivity index (χ0v) is 13.4. The molecule has 3 rings (SSSR count). The maximum absolute atomic E-state index is 12.5. The molecule has 6 heteroatoms. The Morgan fingerprint density at radius 2 is 2.22 bits per heavy atom. The molecule has 3 heterocycles. The number of hydrogen-bond acceptors (Lipinski definition) is 5. The Balaban J connectivity index is 1.67. The summed E-state index contributed by atoms with van der Waals surface area (Å²) >= 11 is 0. The lowest BCUT2D eigenvalue weighted by Crippen LogP contribution is -2.44. The molecule has 2 aromatic heterocycles. The lowest BCUT2D eigenvalue weighted by molar-refractivity contribution is 0.0526. The van der Waals surface area contributed by atoms with Crippen LogP contribution in [0.5, 0.6) is 5.88 Å². The molecule has 1 aliphatic heterocycles. The van der Waals surface area contributed by atoms with Crippen LogP contribution in [-0.2, 0) is 0 Å². The van der Waals surface area contributed by atoms with Gasteiger partial charge in [-0.25, -0.2) is 4.98 Å². The average molecular weight is 312 g/mol. The third kappa shape index (κ3) is 3.83. The Labute approximate surface area is 135 Å². The van der Waals surface area contributed by atoms with Gasteiger partial charge in [-0.05, 0) is 38.8 Å². The van der Waals surface area contributed by atoms with Gasteiger partial charge >= 0.3 is 0 Å². The summed E-state index contributed by atoms with van der Waals surface area (Å²) in [5.41, 5.74) is 1.49. The Morgan fingerprint density at radius 1 is 1.35 bits per heavy atom. The first-order valence-electron chi connectivity index (χ1n) is 7.80. The number of rotatable bonds is 3. The maximum Gasteiger partial charge on any atom is 0.255 e. The van der Waals surface area contributed by atoms with E-state index >= 15 is 0 Å². The van der Waals surface area contributed by atoms with Crippen LogP contribution in [0.25, 0.3) is 0 Å². The smallest absolute Gasteiger partial charge is 0.255 e. The number of piperidine rings is 1. The summed E-state index contributed by atoms with van der Waals surface area (Å²) in [6.45, 7) is 5.07. The molecule has 0 saturated carbocycles. The van der Waals surface area contributed by atoms with Crippen molar-refractivity contribution in [2.24, 2.45) is 0 Å². The van der Waals surface area contributed by atoms with Crippen molar-refractivity contribution in [2.45, 2.75) is 32.8 Å². The van der Waals surface area contributed by atoms with E-state index in [-0.39, 0.29) is 12.0 Å². The quantitative estimate of drug-likeness (QED) is 0.869. The van der Waals surface area contributed by atoms with Crippen LogP contribution in [0.3, 0.4) is 0 Å². The van der Waals surface area contributed by atoms with Crippen molar-refractivity contribution in [3.63, 3.8) is 0 Å². The number of ether oxygens (including phenoxy) is 1. The van der Waals surface area contributed by atoms with Crippen LogP contribution < -0.4 is 4.74 Å². The molecular weight excluding hydrogens is 292 g/mol. The van der Waals surface area contributed by atoms with E-state index in [4.69, 9.17) is 4.74 Å². The summed E-state index contributed by atoms with van der Waals surface area (Å²) in [6, 6.07) is 5.39. The van der Waals surface area contributed by atoms with E-state index in [1.165, 1.54) is 0 Å². The highest BCUT2D eigenvalue weighted by Crippen LogP contribution is 2.19. The molecule has 1 amide bonds. The van der Waals surface area contributed by atoms with Crippen molar-refractivity contribution in [3.8, 4) is 5.88 Å². The Morgan fingerprint density at radius 3 is 2.96 bits per heavy atom.